The average Bonchev–Trinajstić information content (AvgIpc) is 2.03. The van der Waals surface area contributed by atoms with E-state index in [1.165, 1.54) is 0 Å². The Morgan fingerprint density at radius 1 is 1.19 bits per heavy atom. The molecule has 9 heteroatoms. The lowest BCUT2D eigenvalue weighted by Gasteiger charge is -2.22. The molecular formula is C7H5ClF3NO3S. The van der Waals surface area contributed by atoms with Gasteiger partial charge in [0.15, 0.2) is 0 Å². The van der Waals surface area contributed by atoms with Crippen LogP contribution in [-0.2, 0) is 10.3 Å². The highest BCUT2D eigenvalue weighted by Crippen LogP contribution is 2.31. The van der Waals surface area contributed by atoms with E-state index in [0.29, 0.717) is 0 Å². The molecule has 1 rings (SSSR count). The number of hydrogen-bond donors (Lipinski definition) is 1. The minimum Gasteiger partial charge on any atom is -0.269 e. The summed E-state index contributed by atoms with van der Waals surface area (Å²) in [5.74, 6) is 0. The lowest BCUT2D eigenvalue weighted by atomic mass is 10.3. The first-order valence-corrected chi connectivity index (χ1v) is 5.50. The maximum atomic E-state index is 12.4. The summed E-state index contributed by atoms with van der Waals surface area (Å²) in [5.41, 5.74) is -0.751. The molecule has 1 N–H and O–H groups in total. The average molecular weight is 276 g/mol. The monoisotopic (exact) mass is 275 g/mol. The molecule has 0 spiro atoms. The predicted molar refractivity (Wildman–Crippen MR) is 51.5 cm³/mol. The molecule has 1 aromatic rings. The summed E-state index contributed by atoms with van der Waals surface area (Å²) in [5, 5.41) is 0.140. The molecule has 0 heterocycles. The third-order valence-corrected chi connectivity index (χ3v) is 2.65. The molecular weight excluding hydrogens is 271 g/mol. The molecule has 0 amide bonds. The molecule has 0 atom stereocenters. The first kappa shape index (κ1) is 13.1. The summed E-state index contributed by atoms with van der Waals surface area (Å²) in [7, 11) is -5.42. The van der Waals surface area contributed by atoms with Crippen molar-refractivity contribution in [2.45, 2.75) is 6.30 Å². The quantitative estimate of drug-likeness (QED) is 0.666. The van der Waals surface area contributed by atoms with Crippen LogP contribution in [-0.4, -0.2) is 19.3 Å². The fourth-order valence-corrected chi connectivity index (χ4v) is 1.76. The van der Waals surface area contributed by atoms with Gasteiger partial charge in [-0.25, -0.2) is 0 Å². The van der Waals surface area contributed by atoms with Gasteiger partial charge in [0.2, 0.25) is 0 Å². The molecule has 0 saturated heterocycles. The van der Waals surface area contributed by atoms with Crippen LogP contribution in [0, 0.1) is 0 Å². The summed E-state index contributed by atoms with van der Waals surface area (Å²) in [4.78, 5) is 0. The molecule has 90 valence electrons. The van der Waals surface area contributed by atoms with Crippen molar-refractivity contribution in [3.63, 3.8) is 0 Å². The Kier molecular flexibility index (Phi) is 3.36. The van der Waals surface area contributed by atoms with Gasteiger partial charge in [0, 0.05) is 5.02 Å². The molecule has 0 radical (unpaired) electrons. The molecule has 0 aromatic heterocycles. The standard InChI is InChI=1S/C7H5ClF3NO3S/c8-5-1-3-6(4-2-5)12(7(9,10)11)16(13,14)15/h1-4H,(H,13,14,15). The van der Waals surface area contributed by atoms with Crippen LogP contribution in [0.15, 0.2) is 24.3 Å². The van der Waals surface area contributed by atoms with Crippen LogP contribution in [0.5, 0.6) is 0 Å². The van der Waals surface area contributed by atoms with E-state index in [9.17, 15) is 21.6 Å². The van der Waals surface area contributed by atoms with Gasteiger partial charge in [-0.1, -0.05) is 11.6 Å². The van der Waals surface area contributed by atoms with E-state index in [1.54, 1.807) is 0 Å². The molecule has 0 saturated carbocycles. The van der Waals surface area contributed by atoms with E-state index < -0.39 is 26.6 Å². The zero-order chi connectivity index (χ0) is 12.6. The van der Waals surface area contributed by atoms with Gasteiger partial charge in [-0.3, -0.25) is 4.55 Å². The molecule has 0 fully saturated rings. The number of anilines is 1. The molecule has 1 aromatic carbocycles. The Balaban J connectivity index is 3.29. The van der Waals surface area contributed by atoms with Crippen LogP contribution < -0.4 is 4.31 Å². The fraction of sp³-hybridized carbons (Fsp3) is 0.143. The van der Waals surface area contributed by atoms with E-state index in [2.05, 4.69) is 0 Å². The zero-order valence-electron chi connectivity index (χ0n) is 7.44. The summed E-state index contributed by atoms with van der Waals surface area (Å²) < 4.78 is 65.7. The molecule has 0 unspecified atom stereocenters. The topological polar surface area (TPSA) is 57.6 Å². The lowest BCUT2D eigenvalue weighted by Crippen LogP contribution is -2.42. The molecule has 0 bridgehead atoms. The SMILES string of the molecule is O=S(=O)(O)N(c1ccc(Cl)cc1)C(F)(F)F. The Morgan fingerprint density at radius 2 is 1.62 bits per heavy atom. The van der Waals surface area contributed by atoms with Crippen LogP contribution in [0.3, 0.4) is 0 Å². The number of nitrogens with zero attached hydrogens (tertiary/aromatic N) is 1. The number of benzene rings is 1. The van der Waals surface area contributed by atoms with Gasteiger partial charge in [0.1, 0.15) is 0 Å². The fourth-order valence-electron chi connectivity index (χ4n) is 0.987. The van der Waals surface area contributed by atoms with Gasteiger partial charge >= 0.3 is 16.6 Å². The van der Waals surface area contributed by atoms with Crippen LogP contribution >= 0.6 is 11.6 Å². The Labute approximate surface area is 94.1 Å². The molecule has 4 nitrogen and oxygen atoms in total. The second-order valence-corrected chi connectivity index (χ2v) is 4.38. The predicted octanol–water partition coefficient (Wildman–Crippen LogP) is 2.47. The minimum absolute atomic E-state index is 0.140. The minimum atomic E-state index is -5.42. The van der Waals surface area contributed by atoms with E-state index in [0.717, 1.165) is 24.3 Å². The summed E-state index contributed by atoms with van der Waals surface area (Å²) >= 11 is 5.43. The second kappa shape index (κ2) is 4.11. The van der Waals surface area contributed by atoms with E-state index in [-0.39, 0.29) is 5.02 Å². The number of alkyl halides is 3. The van der Waals surface area contributed by atoms with Gasteiger partial charge in [0.05, 0.1) is 5.69 Å². The van der Waals surface area contributed by atoms with Gasteiger partial charge in [0.25, 0.3) is 0 Å². The van der Waals surface area contributed by atoms with Crippen LogP contribution in [0.25, 0.3) is 0 Å². The smallest absolute Gasteiger partial charge is 0.269 e. The largest absolute Gasteiger partial charge is 0.500 e. The Bertz CT molecular complexity index is 471. The van der Waals surface area contributed by atoms with Gasteiger partial charge in [-0.05, 0) is 24.3 Å². The Morgan fingerprint density at radius 3 is 1.94 bits per heavy atom. The van der Waals surface area contributed by atoms with Crippen molar-refractivity contribution in [2.24, 2.45) is 0 Å². The summed E-state index contributed by atoms with van der Waals surface area (Å²) in [6, 6.07) is 3.79. The van der Waals surface area contributed by atoms with Crippen LogP contribution in [0.1, 0.15) is 0 Å². The highest BCUT2D eigenvalue weighted by Gasteiger charge is 2.45. The van der Waals surface area contributed by atoms with E-state index >= 15 is 0 Å². The normalized spacial score (nSPS) is 12.6. The summed E-state index contributed by atoms with van der Waals surface area (Å²) in [6.45, 7) is 0. The summed E-state index contributed by atoms with van der Waals surface area (Å²) in [6.07, 6.45) is -5.25. The van der Waals surface area contributed by atoms with Crippen molar-refractivity contribution in [3.8, 4) is 0 Å². The van der Waals surface area contributed by atoms with Crippen molar-refractivity contribution in [1.82, 2.24) is 0 Å². The second-order valence-electron chi connectivity index (χ2n) is 2.69. The Hall–Kier alpha value is -0.990. The van der Waals surface area contributed by atoms with Gasteiger partial charge in [-0.2, -0.15) is 12.7 Å². The maximum absolute atomic E-state index is 12.4. The van der Waals surface area contributed by atoms with Crippen molar-refractivity contribution in [3.05, 3.63) is 29.3 Å². The van der Waals surface area contributed by atoms with Crippen LogP contribution in [0.2, 0.25) is 5.02 Å². The van der Waals surface area contributed by atoms with Crippen LogP contribution in [0.4, 0.5) is 18.9 Å². The van der Waals surface area contributed by atoms with Crippen molar-refractivity contribution < 1.29 is 26.1 Å². The number of rotatable bonds is 2. The number of halogens is 4. The highest BCUT2D eigenvalue weighted by atomic mass is 35.5. The first-order valence-electron chi connectivity index (χ1n) is 3.72. The molecule has 0 aliphatic heterocycles. The molecule has 0 aliphatic rings. The van der Waals surface area contributed by atoms with Gasteiger partial charge in [-0.15, -0.1) is 13.2 Å². The maximum Gasteiger partial charge on any atom is 0.500 e. The van der Waals surface area contributed by atoms with E-state index in [1.807, 2.05) is 0 Å². The highest BCUT2D eigenvalue weighted by molar-refractivity contribution is 7.87. The van der Waals surface area contributed by atoms with Gasteiger partial charge < -0.3 is 0 Å². The van der Waals surface area contributed by atoms with E-state index in [4.69, 9.17) is 16.2 Å². The van der Waals surface area contributed by atoms with Crippen molar-refractivity contribution in [2.75, 3.05) is 4.31 Å². The lowest BCUT2D eigenvalue weighted by molar-refractivity contribution is -0.116. The number of hydrogen-bond acceptors (Lipinski definition) is 2. The molecule has 0 aliphatic carbocycles. The third-order valence-electron chi connectivity index (χ3n) is 1.52. The van der Waals surface area contributed by atoms with Crippen molar-refractivity contribution in [1.29, 1.82) is 0 Å². The molecule has 16 heavy (non-hydrogen) atoms. The first-order chi connectivity index (χ1) is 7.12. The zero-order valence-corrected chi connectivity index (χ0v) is 9.01. The van der Waals surface area contributed by atoms with Crippen molar-refractivity contribution >= 4 is 27.6 Å². The third kappa shape index (κ3) is 3.00.